The zero-order valence-corrected chi connectivity index (χ0v) is 13.3. The molecule has 1 aromatic heterocycles. The Morgan fingerprint density at radius 2 is 2.00 bits per heavy atom. The Bertz CT molecular complexity index is 608. The van der Waals surface area contributed by atoms with Crippen molar-refractivity contribution < 1.29 is 9.53 Å². The standard InChI is InChI=1S/C16H20N2O2S/c1-4-20-16(19)14-13(10(2)3)18-15(21-14)12(17)11-8-6-5-7-9-11/h5-10,12H,4,17H2,1-3H3. The van der Waals surface area contributed by atoms with Gasteiger partial charge in [0, 0.05) is 0 Å². The molecule has 0 aliphatic heterocycles. The van der Waals surface area contributed by atoms with Gasteiger partial charge in [0.1, 0.15) is 9.88 Å². The number of carbonyl (C=O) groups excluding carboxylic acids is 1. The molecule has 1 heterocycles. The van der Waals surface area contributed by atoms with Crippen molar-refractivity contribution in [3.8, 4) is 0 Å². The molecule has 1 unspecified atom stereocenters. The highest BCUT2D eigenvalue weighted by Crippen LogP contribution is 2.31. The first-order valence-corrected chi connectivity index (χ1v) is 7.84. The van der Waals surface area contributed by atoms with Crippen molar-refractivity contribution in [3.05, 3.63) is 51.5 Å². The Kier molecular flexibility index (Phi) is 5.09. The van der Waals surface area contributed by atoms with Crippen LogP contribution < -0.4 is 5.73 Å². The van der Waals surface area contributed by atoms with Crippen molar-refractivity contribution in [2.75, 3.05) is 6.61 Å². The number of benzene rings is 1. The number of hydrogen-bond acceptors (Lipinski definition) is 5. The van der Waals surface area contributed by atoms with E-state index in [9.17, 15) is 4.79 Å². The lowest BCUT2D eigenvalue weighted by Crippen LogP contribution is -2.11. The van der Waals surface area contributed by atoms with Gasteiger partial charge in [0.25, 0.3) is 0 Å². The van der Waals surface area contributed by atoms with Crippen molar-refractivity contribution in [1.29, 1.82) is 0 Å². The first kappa shape index (κ1) is 15.7. The quantitative estimate of drug-likeness (QED) is 0.859. The van der Waals surface area contributed by atoms with Gasteiger partial charge >= 0.3 is 5.97 Å². The van der Waals surface area contributed by atoms with E-state index in [4.69, 9.17) is 10.5 Å². The monoisotopic (exact) mass is 304 g/mol. The molecule has 0 bridgehead atoms. The fraction of sp³-hybridized carbons (Fsp3) is 0.375. The summed E-state index contributed by atoms with van der Waals surface area (Å²) < 4.78 is 5.11. The lowest BCUT2D eigenvalue weighted by Gasteiger charge is -2.08. The molecular formula is C16H20N2O2S. The smallest absolute Gasteiger partial charge is 0.350 e. The van der Waals surface area contributed by atoms with Crippen molar-refractivity contribution in [2.45, 2.75) is 32.7 Å². The number of nitrogens with two attached hydrogens (primary N) is 1. The van der Waals surface area contributed by atoms with Gasteiger partial charge in [0.05, 0.1) is 18.3 Å². The Morgan fingerprint density at radius 3 is 2.57 bits per heavy atom. The van der Waals surface area contributed by atoms with Gasteiger partial charge in [0.2, 0.25) is 0 Å². The molecular weight excluding hydrogens is 284 g/mol. The minimum absolute atomic E-state index is 0.150. The zero-order valence-electron chi connectivity index (χ0n) is 12.5. The van der Waals surface area contributed by atoms with E-state index < -0.39 is 0 Å². The van der Waals surface area contributed by atoms with Crippen molar-refractivity contribution in [2.24, 2.45) is 5.73 Å². The Hall–Kier alpha value is -1.72. The molecule has 0 fully saturated rings. The molecule has 21 heavy (non-hydrogen) atoms. The van der Waals surface area contributed by atoms with Crippen LogP contribution >= 0.6 is 11.3 Å². The maximum absolute atomic E-state index is 12.0. The number of esters is 1. The van der Waals surface area contributed by atoms with Gasteiger partial charge in [-0.1, -0.05) is 44.2 Å². The maximum atomic E-state index is 12.0. The average Bonchev–Trinajstić information content (AvgIpc) is 2.93. The van der Waals surface area contributed by atoms with Crippen LogP contribution in [0.4, 0.5) is 0 Å². The SMILES string of the molecule is CCOC(=O)c1sc(C(N)c2ccccc2)nc1C(C)C. The van der Waals surface area contributed by atoms with Gasteiger partial charge < -0.3 is 10.5 Å². The van der Waals surface area contributed by atoms with Gasteiger partial charge in [0.15, 0.2) is 0 Å². The summed E-state index contributed by atoms with van der Waals surface area (Å²) in [7, 11) is 0. The highest BCUT2D eigenvalue weighted by Gasteiger charge is 2.24. The Balaban J connectivity index is 2.37. The lowest BCUT2D eigenvalue weighted by atomic mass is 10.1. The third-order valence-electron chi connectivity index (χ3n) is 3.10. The van der Waals surface area contributed by atoms with Crippen LogP contribution in [0.25, 0.3) is 0 Å². The predicted molar refractivity (Wildman–Crippen MR) is 84.6 cm³/mol. The summed E-state index contributed by atoms with van der Waals surface area (Å²) in [5.74, 6) is -0.164. The number of aromatic nitrogens is 1. The predicted octanol–water partition coefficient (Wildman–Crippen LogP) is 3.49. The fourth-order valence-corrected chi connectivity index (χ4v) is 3.16. The molecule has 2 N–H and O–H groups in total. The van der Waals surface area contributed by atoms with Crippen molar-refractivity contribution in [1.82, 2.24) is 4.98 Å². The minimum atomic E-state index is -0.322. The summed E-state index contributed by atoms with van der Waals surface area (Å²) in [4.78, 5) is 17.2. The van der Waals surface area contributed by atoms with Crippen LogP contribution in [0, 0.1) is 0 Å². The second-order valence-electron chi connectivity index (χ2n) is 5.03. The average molecular weight is 304 g/mol. The molecule has 0 radical (unpaired) electrons. The Labute approximate surface area is 129 Å². The minimum Gasteiger partial charge on any atom is -0.462 e. The van der Waals surface area contributed by atoms with E-state index in [1.165, 1.54) is 11.3 Å². The molecule has 0 spiro atoms. The van der Waals surface area contributed by atoms with Crippen molar-refractivity contribution >= 4 is 17.3 Å². The molecule has 112 valence electrons. The molecule has 1 aromatic carbocycles. The third kappa shape index (κ3) is 3.49. The largest absolute Gasteiger partial charge is 0.462 e. The molecule has 0 amide bonds. The van der Waals surface area contributed by atoms with E-state index in [0.717, 1.165) is 16.3 Å². The summed E-state index contributed by atoms with van der Waals surface area (Å²) in [5, 5.41) is 0.743. The van der Waals surface area contributed by atoms with Crippen LogP contribution in [0.2, 0.25) is 0 Å². The molecule has 0 aliphatic carbocycles. The van der Waals surface area contributed by atoms with Gasteiger partial charge in [-0.25, -0.2) is 9.78 Å². The molecule has 5 heteroatoms. The summed E-state index contributed by atoms with van der Waals surface area (Å²) in [5.41, 5.74) is 8.02. The summed E-state index contributed by atoms with van der Waals surface area (Å²) >= 11 is 1.33. The van der Waals surface area contributed by atoms with E-state index in [2.05, 4.69) is 4.98 Å². The van der Waals surface area contributed by atoms with Gasteiger partial charge in [-0.2, -0.15) is 0 Å². The van der Waals surface area contributed by atoms with Gasteiger partial charge in [-0.3, -0.25) is 0 Å². The molecule has 0 aliphatic rings. The highest BCUT2D eigenvalue weighted by molar-refractivity contribution is 7.13. The summed E-state index contributed by atoms with van der Waals surface area (Å²) in [6.45, 7) is 6.17. The number of nitrogens with zero attached hydrogens (tertiary/aromatic N) is 1. The van der Waals surface area contributed by atoms with E-state index in [-0.39, 0.29) is 17.9 Å². The lowest BCUT2D eigenvalue weighted by molar-refractivity contribution is 0.0530. The van der Waals surface area contributed by atoms with Gasteiger partial charge in [-0.05, 0) is 18.4 Å². The van der Waals surface area contributed by atoms with Crippen LogP contribution in [-0.2, 0) is 4.74 Å². The highest BCUT2D eigenvalue weighted by atomic mass is 32.1. The van der Waals surface area contributed by atoms with Gasteiger partial charge in [-0.15, -0.1) is 11.3 Å². The van der Waals surface area contributed by atoms with Crippen LogP contribution in [0.15, 0.2) is 30.3 Å². The zero-order chi connectivity index (χ0) is 15.4. The Morgan fingerprint density at radius 1 is 1.33 bits per heavy atom. The third-order valence-corrected chi connectivity index (χ3v) is 4.24. The van der Waals surface area contributed by atoms with Crippen LogP contribution in [0.1, 0.15) is 58.7 Å². The maximum Gasteiger partial charge on any atom is 0.350 e. The topological polar surface area (TPSA) is 65.2 Å². The normalized spacial score (nSPS) is 12.4. The van der Waals surface area contributed by atoms with Crippen molar-refractivity contribution in [3.63, 3.8) is 0 Å². The van der Waals surface area contributed by atoms with Crippen LogP contribution in [-0.4, -0.2) is 17.6 Å². The first-order chi connectivity index (χ1) is 10.0. The van der Waals surface area contributed by atoms with Crippen LogP contribution in [0.3, 0.4) is 0 Å². The molecule has 1 atom stereocenters. The second kappa shape index (κ2) is 6.83. The number of carbonyl (C=O) groups is 1. The summed E-state index contributed by atoms with van der Waals surface area (Å²) in [6.07, 6.45) is 0. The second-order valence-corrected chi connectivity index (χ2v) is 6.06. The van der Waals surface area contributed by atoms with E-state index >= 15 is 0 Å². The van der Waals surface area contributed by atoms with E-state index in [1.807, 2.05) is 44.2 Å². The molecule has 2 aromatic rings. The first-order valence-electron chi connectivity index (χ1n) is 7.02. The number of ether oxygens (including phenoxy) is 1. The summed E-state index contributed by atoms with van der Waals surface area (Å²) in [6, 6.07) is 9.44. The molecule has 0 saturated heterocycles. The molecule has 4 nitrogen and oxygen atoms in total. The van der Waals surface area contributed by atoms with Crippen LogP contribution in [0.5, 0.6) is 0 Å². The molecule has 0 saturated carbocycles. The fourth-order valence-electron chi connectivity index (χ4n) is 2.02. The molecule has 2 rings (SSSR count). The number of thiazole rings is 1. The van der Waals surface area contributed by atoms with E-state index in [0.29, 0.717) is 11.5 Å². The number of hydrogen-bond donors (Lipinski definition) is 1. The number of rotatable bonds is 5. The van der Waals surface area contributed by atoms with E-state index in [1.54, 1.807) is 6.92 Å².